The van der Waals surface area contributed by atoms with E-state index in [4.69, 9.17) is 0 Å². The van der Waals surface area contributed by atoms with Crippen molar-refractivity contribution in [3.8, 4) is 0 Å². The molecule has 0 spiro atoms. The van der Waals surface area contributed by atoms with Crippen LogP contribution in [-0.4, -0.2) is 47.5 Å². The summed E-state index contributed by atoms with van der Waals surface area (Å²) in [6.07, 6.45) is -2.17. The Bertz CT molecular complexity index is 745. The second kappa shape index (κ2) is 6.96. The van der Waals surface area contributed by atoms with E-state index < -0.39 is 11.7 Å². The van der Waals surface area contributed by atoms with E-state index in [0.29, 0.717) is 32.0 Å². The molecule has 1 amide bonds. The largest absolute Gasteiger partial charge is 0.418 e. The number of alkyl halides is 3. The monoisotopic (exact) mass is 351 g/mol. The molecule has 1 aliphatic rings. The van der Waals surface area contributed by atoms with E-state index in [1.807, 2.05) is 4.90 Å². The molecular formula is C16H16F3N5O. The maximum Gasteiger partial charge on any atom is 0.418 e. The number of hydrogen-bond acceptors (Lipinski definition) is 5. The zero-order chi connectivity index (χ0) is 17.9. The molecule has 2 heterocycles. The van der Waals surface area contributed by atoms with Gasteiger partial charge >= 0.3 is 6.18 Å². The highest BCUT2D eigenvalue weighted by atomic mass is 19.4. The first-order chi connectivity index (χ1) is 12.0. The summed E-state index contributed by atoms with van der Waals surface area (Å²) in [7, 11) is 0. The average molecular weight is 351 g/mol. The van der Waals surface area contributed by atoms with Crippen LogP contribution in [-0.2, 0) is 11.0 Å². The lowest BCUT2D eigenvalue weighted by atomic mass is 10.1. The molecule has 0 radical (unpaired) electrons. The zero-order valence-corrected chi connectivity index (χ0v) is 13.2. The predicted molar refractivity (Wildman–Crippen MR) is 86.6 cm³/mol. The van der Waals surface area contributed by atoms with Crippen molar-refractivity contribution in [3.63, 3.8) is 0 Å². The smallest absolute Gasteiger partial charge is 0.353 e. The Morgan fingerprint density at radius 1 is 1.08 bits per heavy atom. The lowest BCUT2D eigenvalue weighted by Crippen LogP contribution is -2.46. The van der Waals surface area contributed by atoms with Crippen LogP contribution >= 0.6 is 0 Å². The van der Waals surface area contributed by atoms with Gasteiger partial charge in [0.1, 0.15) is 5.82 Å². The van der Waals surface area contributed by atoms with Crippen LogP contribution in [0.5, 0.6) is 0 Å². The summed E-state index contributed by atoms with van der Waals surface area (Å²) in [5.41, 5.74) is -0.874. The molecule has 1 saturated heterocycles. The number of benzene rings is 1. The second-order valence-corrected chi connectivity index (χ2v) is 5.54. The number of carbonyl (C=O) groups excluding carboxylic acids is 1. The van der Waals surface area contributed by atoms with Crippen molar-refractivity contribution < 1.29 is 18.0 Å². The third kappa shape index (κ3) is 3.98. The third-order valence-electron chi connectivity index (χ3n) is 3.91. The molecule has 1 N–H and O–H groups in total. The molecule has 0 atom stereocenters. The van der Waals surface area contributed by atoms with Crippen LogP contribution in [0, 0.1) is 0 Å². The first-order valence-electron chi connectivity index (χ1n) is 7.68. The Kier molecular flexibility index (Phi) is 4.73. The van der Waals surface area contributed by atoms with Crippen LogP contribution in [0.2, 0.25) is 0 Å². The number of para-hydroxylation sites is 1. The van der Waals surface area contributed by atoms with Crippen molar-refractivity contribution in [1.29, 1.82) is 0 Å². The summed E-state index contributed by atoms with van der Waals surface area (Å²) in [6, 6.07) is 6.88. The summed E-state index contributed by atoms with van der Waals surface area (Å²) in [4.78, 5) is 22.7. The standard InChI is InChI=1S/C16H16F3N5O/c17-16(18,19)12-3-1-2-4-13(12)21-15-20-6-5-14(22-15)24-9-7-23(11-25)8-10-24/h1-6,11H,7-10H2,(H,20,21,22). The molecular weight excluding hydrogens is 335 g/mol. The molecule has 0 aliphatic carbocycles. The summed E-state index contributed by atoms with van der Waals surface area (Å²) >= 11 is 0. The van der Waals surface area contributed by atoms with Crippen molar-refractivity contribution in [2.45, 2.75) is 6.18 Å². The Balaban J connectivity index is 1.78. The van der Waals surface area contributed by atoms with Gasteiger partial charge in [-0.15, -0.1) is 0 Å². The predicted octanol–water partition coefficient (Wildman–Crippen LogP) is 2.52. The fourth-order valence-electron chi connectivity index (χ4n) is 2.60. The minimum atomic E-state index is -4.47. The van der Waals surface area contributed by atoms with Crippen molar-refractivity contribution >= 4 is 23.9 Å². The van der Waals surface area contributed by atoms with Crippen molar-refractivity contribution in [2.75, 3.05) is 36.4 Å². The number of piperazine rings is 1. The van der Waals surface area contributed by atoms with Gasteiger partial charge in [-0.3, -0.25) is 4.79 Å². The van der Waals surface area contributed by atoms with E-state index in [0.717, 1.165) is 12.5 Å². The van der Waals surface area contributed by atoms with E-state index in [9.17, 15) is 18.0 Å². The van der Waals surface area contributed by atoms with Crippen LogP contribution < -0.4 is 10.2 Å². The van der Waals surface area contributed by atoms with Crippen LogP contribution in [0.3, 0.4) is 0 Å². The number of halogens is 3. The molecule has 132 valence electrons. The zero-order valence-electron chi connectivity index (χ0n) is 13.2. The van der Waals surface area contributed by atoms with Crippen molar-refractivity contribution in [1.82, 2.24) is 14.9 Å². The summed E-state index contributed by atoms with van der Waals surface area (Å²) in [5.74, 6) is 0.694. The van der Waals surface area contributed by atoms with E-state index in [1.54, 1.807) is 11.0 Å². The SMILES string of the molecule is O=CN1CCN(c2ccnc(Nc3ccccc3C(F)(F)F)n2)CC1. The van der Waals surface area contributed by atoms with Gasteiger partial charge in [0.15, 0.2) is 0 Å². The van der Waals surface area contributed by atoms with Crippen LogP contribution in [0.25, 0.3) is 0 Å². The van der Waals surface area contributed by atoms with E-state index in [2.05, 4.69) is 15.3 Å². The highest BCUT2D eigenvalue weighted by Crippen LogP contribution is 2.35. The first-order valence-corrected chi connectivity index (χ1v) is 7.68. The van der Waals surface area contributed by atoms with E-state index >= 15 is 0 Å². The molecule has 2 aromatic rings. The van der Waals surface area contributed by atoms with E-state index in [1.165, 1.54) is 24.4 Å². The molecule has 1 aromatic heterocycles. The van der Waals surface area contributed by atoms with Gasteiger partial charge in [-0.05, 0) is 18.2 Å². The number of amides is 1. The van der Waals surface area contributed by atoms with Gasteiger partial charge in [-0.1, -0.05) is 12.1 Å². The quantitative estimate of drug-likeness (QED) is 0.858. The van der Waals surface area contributed by atoms with Gasteiger partial charge in [0, 0.05) is 32.4 Å². The van der Waals surface area contributed by atoms with E-state index in [-0.39, 0.29) is 11.6 Å². The van der Waals surface area contributed by atoms with Gasteiger partial charge in [0.25, 0.3) is 0 Å². The molecule has 9 heteroatoms. The molecule has 3 rings (SSSR count). The van der Waals surface area contributed by atoms with Crippen LogP contribution in [0.15, 0.2) is 36.5 Å². The molecule has 0 bridgehead atoms. The first kappa shape index (κ1) is 17.0. The number of nitrogens with one attached hydrogen (secondary N) is 1. The fourth-order valence-corrected chi connectivity index (χ4v) is 2.60. The van der Waals surface area contributed by atoms with Crippen molar-refractivity contribution in [3.05, 3.63) is 42.1 Å². The normalized spacial score (nSPS) is 15.2. The molecule has 1 aliphatic heterocycles. The van der Waals surface area contributed by atoms with Gasteiger partial charge in [-0.25, -0.2) is 4.98 Å². The Morgan fingerprint density at radius 2 is 1.80 bits per heavy atom. The number of rotatable bonds is 4. The topological polar surface area (TPSA) is 61.4 Å². The number of carbonyl (C=O) groups is 1. The number of aromatic nitrogens is 2. The number of hydrogen-bond donors (Lipinski definition) is 1. The average Bonchev–Trinajstić information content (AvgIpc) is 2.62. The lowest BCUT2D eigenvalue weighted by Gasteiger charge is -2.33. The minimum absolute atomic E-state index is 0.0898. The van der Waals surface area contributed by atoms with Crippen LogP contribution in [0.4, 0.5) is 30.6 Å². The van der Waals surface area contributed by atoms with Crippen molar-refractivity contribution in [2.24, 2.45) is 0 Å². The highest BCUT2D eigenvalue weighted by Gasteiger charge is 2.33. The second-order valence-electron chi connectivity index (χ2n) is 5.54. The number of anilines is 3. The minimum Gasteiger partial charge on any atom is -0.353 e. The summed E-state index contributed by atoms with van der Waals surface area (Å²) < 4.78 is 39.2. The van der Waals surface area contributed by atoms with Gasteiger partial charge in [-0.2, -0.15) is 18.2 Å². The third-order valence-corrected chi connectivity index (χ3v) is 3.91. The van der Waals surface area contributed by atoms with Gasteiger partial charge in [0.2, 0.25) is 12.4 Å². The highest BCUT2D eigenvalue weighted by molar-refractivity contribution is 5.60. The maximum absolute atomic E-state index is 13.1. The maximum atomic E-state index is 13.1. The molecule has 6 nitrogen and oxygen atoms in total. The molecule has 25 heavy (non-hydrogen) atoms. The van der Waals surface area contributed by atoms with Crippen LogP contribution in [0.1, 0.15) is 5.56 Å². The molecule has 0 unspecified atom stereocenters. The summed E-state index contributed by atoms with van der Waals surface area (Å²) in [6.45, 7) is 2.36. The van der Waals surface area contributed by atoms with Gasteiger partial charge in [0.05, 0.1) is 11.3 Å². The Hall–Kier alpha value is -2.84. The molecule has 1 aromatic carbocycles. The lowest BCUT2D eigenvalue weighted by molar-refractivity contribution is -0.136. The summed E-state index contributed by atoms with van der Waals surface area (Å²) in [5, 5.41) is 2.64. The fraction of sp³-hybridized carbons (Fsp3) is 0.312. The number of nitrogens with zero attached hydrogens (tertiary/aromatic N) is 4. The Morgan fingerprint density at radius 3 is 2.48 bits per heavy atom. The molecule has 0 saturated carbocycles. The molecule has 1 fully saturated rings. The Labute approximate surface area is 142 Å². The van der Waals surface area contributed by atoms with Gasteiger partial charge < -0.3 is 15.1 Å².